The van der Waals surface area contributed by atoms with Gasteiger partial charge >= 0.3 is 0 Å². The number of carbonyl (C=O) groups excluding carboxylic acids is 1. The molecule has 132 valence electrons. The average molecular weight is 370 g/mol. The molecule has 0 spiro atoms. The van der Waals surface area contributed by atoms with Crippen LogP contribution in [0.1, 0.15) is 38.3 Å². The molecule has 0 saturated carbocycles. The number of nitrogens with two attached hydrogens (primary N) is 1. The van der Waals surface area contributed by atoms with Gasteiger partial charge in [-0.25, -0.2) is 0 Å². The quantitative estimate of drug-likeness (QED) is 0.811. The molecule has 0 saturated heterocycles. The van der Waals surface area contributed by atoms with Gasteiger partial charge in [0, 0.05) is 24.9 Å². The standard InChI is InChI=1S/C18H23N3O.2ClH/c1-13(19)3-8-18(22)21-14(2)15-4-6-16(7-5-15)17-9-11-20-12-10-17;;/h4-7,9-14H,3,8,19H2,1-2H3,(H,21,22);2*1H. The lowest BCUT2D eigenvalue weighted by molar-refractivity contribution is -0.121. The van der Waals surface area contributed by atoms with Crippen molar-refractivity contribution in [3.05, 3.63) is 54.4 Å². The first kappa shape index (κ1) is 22.4. The topological polar surface area (TPSA) is 68.0 Å². The zero-order chi connectivity index (χ0) is 15.9. The van der Waals surface area contributed by atoms with Crippen LogP contribution in [0.15, 0.2) is 48.8 Å². The fourth-order valence-electron chi connectivity index (χ4n) is 2.26. The fourth-order valence-corrected chi connectivity index (χ4v) is 2.26. The van der Waals surface area contributed by atoms with Crippen LogP contribution in [0.2, 0.25) is 0 Å². The van der Waals surface area contributed by atoms with Crippen molar-refractivity contribution in [3.8, 4) is 11.1 Å². The van der Waals surface area contributed by atoms with Crippen LogP contribution >= 0.6 is 24.8 Å². The van der Waals surface area contributed by atoms with Crippen LogP contribution in [0.25, 0.3) is 11.1 Å². The molecule has 1 aromatic carbocycles. The average Bonchev–Trinajstić information content (AvgIpc) is 2.54. The number of hydrogen-bond donors (Lipinski definition) is 2. The normalized spacial score (nSPS) is 12.3. The van der Waals surface area contributed by atoms with Gasteiger partial charge in [-0.15, -0.1) is 24.8 Å². The van der Waals surface area contributed by atoms with E-state index in [0.29, 0.717) is 12.8 Å². The first-order valence-corrected chi connectivity index (χ1v) is 7.61. The number of benzene rings is 1. The highest BCUT2D eigenvalue weighted by Crippen LogP contribution is 2.21. The van der Waals surface area contributed by atoms with Crippen molar-refractivity contribution in [1.82, 2.24) is 10.3 Å². The molecule has 0 aliphatic rings. The van der Waals surface area contributed by atoms with Crippen LogP contribution in [-0.4, -0.2) is 16.9 Å². The van der Waals surface area contributed by atoms with Crippen molar-refractivity contribution in [3.63, 3.8) is 0 Å². The van der Waals surface area contributed by atoms with Gasteiger partial charge in [0.25, 0.3) is 0 Å². The van der Waals surface area contributed by atoms with Gasteiger partial charge in [0.2, 0.25) is 5.91 Å². The van der Waals surface area contributed by atoms with E-state index >= 15 is 0 Å². The van der Waals surface area contributed by atoms with Gasteiger partial charge in [0.05, 0.1) is 6.04 Å². The molecule has 2 atom stereocenters. The van der Waals surface area contributed by atoms with Crippen molar-refractivity contribution in [1.29, 1.82) is 0 Å². The number of hydrogen-bond acceptors (Lipinski definition) is 3. The van der Waals surface area contributed by atoms with E-state index < -0.39 is 0 Å². The second-order valence-corrected chi connectivity index (χ2v) is 5.66. The van der Waals surface area contributed by atoms with Gasteiger partial charge in [-0.3, -0.25) is 9.78 Å². The minimum absolute atomic E-state index is 0. The number of amides is 1. The van der Waals surface area contributed by atoms with Crippen molar-refractivity contribution >= 4 is 30.7 Å². The van der Waals surface area contributed by atoms with Gasteiger partial charge in [0.1, 0.15) is 0 Å². The molecule has 2 unspecified atom stereocenters. The molecule has 2 rings (SSSR count). The van der Waals surface area contributed by atoms with Crippen LogP contribution < -0.4 is 11.1 Å². The Morgan fingerprint density at radius 2 is 1.58 bits per heavy atom. The summed E-state index contributed by atoms with van der Waals surface area (Å²) in [5.41, 5.74) is 9.03. The molecule has 1 amide bonds. The summed E-state index contributed by atoms with van der Waals surface area (Å²) in [6.07, 6.45) is 4.74. The molecule has 0 fully saturated rings. The van der Waals surface area contributed by atoms with E-state index in [1.807, 2.05) is 38.1 Å². The minimum atomic E-state index is -0.00734. The Hall–Kier alpha value is -1.62. The molecule has 1 aromatic heterocycles. The number of carbonyl (C=O) groups is 1. The SMILES string of the molecule is CC(N)CCC(=O)NC(C)c1ccc(-c2ccncc2)cc1.Cl.Cl. The Morgan fingerprint density at radius 3 is 2.12 bits per heavy atom. The molecule has 0 bridgehead atoms. The third kappa shape index (κ3) is 6.87. The van der Waals surface area contributed by atoms with E-state index in [1.165, 1.54) is 0 Å². The second kappa shape index (κ2) is 11.0. The highest BCUT2D eigenvalue weighted by atomic mass is 35.5. The summed E-state index contributed by atoms with van der Waals surface area (Å²) < 4.78 is 0. The molecule has 0 radical (unpaired) electrons. The van der Waals surface area contributed by atoms with E-state index in [1.54, 1.807) is 12.4 Å². The van der Waals surface area contributed by atoms with E-state index in [4.69, 9.17) is 5.73 Å². The van der Waals surface area contributed by atoms with Gasteiger partial charge < -0.3 is 11.1 Å². The summed E-state index contributed by atoms with van der Waals surface area (Å²) in [5, 5.41) is 3.01. The van der Waals surface area contributed by atoms with Crippen LogP contribution in [-0.2, 0) is 4.79 Å². The summed E-state index contributed by atoms with van der Waals surface area (Å²) in [6, 6.07) is 12.2. The molecule has 6 heteroatoms. The maximum atomic E-state index is 11.8. The highest BCUT2D eigenvalue weighted by Gasteiger charge is 2.10. The van der Waals surface area contributed by atoms with Crippen LogP contribution in [0.5, 0.6) is 0 Å². The van der Waals surface area contributed by atoms with E-state index in [9.17, 15) is 4.79 Å². The number of aromatic nitrogens is 1. The molecule has 0 aliphatic heterocycles. The summed E-state index contributed by atoms with van der Waals surface area (Å²) in [7, 11) is 0. The Morgan fingerprint density at radius 1 is 1.04 bits per heavy atom. The number of nitrogens with zero attached hydrogens (tertiary/aromatic N) is 1. The maximum absolute atomic E-state index is 11.8. The van der Waals surface area contributed by atoms with E-state index in [0.717, 1.165) is 16.7 Å². The zero-order valence-corrected chi connectivity index (χ0v) is 15.6. The third-order valence-corrected chi connectivity index (χ3v) is 3.63. The molecular formula is C18H25Cl2N3O. The molecule has 2 aromatic rings. The van der Waals surface area contributed by atoms with Crippen molar-refractivity contribution < 1.29 is 4.79 Å². The number of nitrogens with one attached hydrogen (secondary N) is 1. The number of pyridine rings is 1. The fraction of sp³-hybridized carbons (Fsp3) is 0.333. The third-order valence-electron chi connectivity index (χ3n) is 3.63. The second-order valence-electron chi connectivity index (χ2n) is 5.66. The van der Waals surface area contributed by atoms with E-state index in [2.05, 4.69) is 22.4 Å². The van der Waals surface area contributed by atoms with Crippen LogP contribution in [0.3, 0.4) is 0 Å². The molecule has 0 aliphatic carbocycles. The number of rotatable bonds is 6. The first-order valence-electron chi connectivity index (χ1n) is 7.61. The summed E-state index contributed by atoms with van der Waals surface area (Å²) >= 11 is 0. The molecule has 4 nitrogen and oxygen atoms in total. The van der Waals surface area contributed by atoms with Crippen molar-refractivity contribution in [2.75, 3.05) is 0 Å². The highest BCUT2D eigenvalue weighted by molar-refractivity contribution is 5.85. The lowest BCUT2D eigenvalue weighted by Crippen LogP contribution is -2.28. The Labute approximate surface area is 156 Å². The summed E-state index contributed by atoms with van der Waals surface area (Å²) in [5.74, 6) is 0.0445. The van der Waals surface area contributed by atoms with Crippen LogP contribution in [0, 0.1) is 0 Å². The minimum Gasteiger partial charge on any atom is -0.350 e. The Balaban J connectivity index is 0.00000264. The maximum Gasteiger partial charge on any atom is 0.220 e. The predicted molar refractivity (Wildman–Crippen MR) is 104 cm³/mol. The Bertz CT molecular complexity index is 603. The molecular weight excluding hydrogens is 345 g/mol. The Kier molecular flexibility index (Phi) is 10.3. The van der Waals surface area contributed by atoms with Gasteiger partial charge in [0.15, 0.2) is 0 Å². The largest absolute Gasteiger partial charge is 0.350 e. The molecule has 1 heterocycles. The first-order chi connectivity index (χ1) is 10.6. The van der Waals surface area contributed by atoms with Gasteiger partial charge in [-0.05, 0) is 49.1 Å². The summed E-state index contributed by atoms with van der Waals surface area (Å²) in [6.45, 7) is 3.90. The van der Waals surface area contributed by atoms with Gasteiger partial charge in [-0.2, -0.15) is 0 Å². The number of halogens is 2. The van der Waals surface area contributed by atoms with Gasteiger partial charge in [-0.1, -0.05) is 24.3 Å². The van der Waals surface area contributed by atoms with Crippen molar-refractivity contribution in [2.24, 2.45) is 5.73 Å². The van der Waals surface area contributed by atoms with Crippen LogP contribution in [0.4, 0.5) is 0 Å². The molecule has 24 heavy (non-hydrogen) atoms. The predicted octanol–water partition coefficient (Wildman–Crippen LogP) is 3.90. The zero-order valence-electron chi connectivity index (χ0n) is 13.9. The van der Waals surface area contributed by atoms with E-state index in [-0.39, 0.29) is 42.8 Å². The lowest BCUT2D eigenvalue weighted by atomic mass is 10.0. The van der Waals surface area contributed by atoms with Crippen molar-refractivity contribution in [2.45, 2.75) is 38.8 Å². The molecule has 3 N–H and O–H groups in total. The lowest BCUT2D eigenvalue weighted by Gasteiger charge is -2.15. The smallest absolute Gasteiger partial charge is 0.220 e. The monoisotopic (exact) mass is 369 g/mol. The summed E-state index contributed by atoms with van der Waals surface area (Å²) in [4.78, 5) is 15.9.